The molecule has 0 aliphatic rings. The lowest BCUT2D eigenvalue weighted by molar-refractivity contribution is 0.623. The van der Waals surface area contributed by atoms with Gasteiger partial charge < -0.3 is 5.73 Å². The first kappa shape index (κ1) is 16.7. The van der Waals surface area contributed by atoms with Crippen LogP contribution >= 0.6 is 31.9 Å². The van der Waals surface area contributed by atoms with Crippen LogP contribution in [-0.4, -0.2) is 14.0 Å². The molecule has 0 bridgehead atoms. The van der Waals surface area contributed by atoms with Gasteiger partial charge in [-0.25, -0.2) is 0 Å². The molecule has 4 nitrogen and oxygen atoms in total. The molecule has 2 aromatic rings. The van der Waals surface area contributed by atoms with Crippen LogP contribution in [0.15, 0.2) is 32.0 Å². The number of aryl methyl sites for hydroxylation is 2. The van der Waals surface area contributed by atoms with Gasteiger partial charge in [-0.3, -0.25) is 8.89 Å². The molecule has 1 heterocycles. The predicted octanol–water partition coefficient (Wildman–Crippen LogP) is 3.88. The molecule has 2 N–H and O–H groups in total. The third-order valence-corrected chi connectivity index (χ3v) is 5.97. The van der Waals surface area contributed by atoms with Crippen molar-refractivity contribution in [2.75, 3.05) is 5.73 Å². The Hall–Kier alpha value is -0.660. The number of anilines is 1. The topological polar surface area (TPSA) is 60.9 Å². The Morgan fingerprint density at radius 3 is 2.67 bits per heavy atom. The van der Waals surface area contributed by atoms with E-state index in [1.807, 2.05) is 23.7 Å². The summed E-state index contributed by atoms with van der Waals surface area (Å²) in [5, 5.41) is 4.53. The van der Waals surface area contributed by atoms with Crippen molar-refractivity contribution in [1.29, 1.82) is 0 Å². The molecular weight excluding hydrogens is 418 g/mol. The zero-order valence-corrected chi connectivity index (χ0v) is 15.9. The predicted molar refractivity (Wildman–Crippen MR) is 93.6 cm³/mol. The van der Waals surface area contributed by atoms with Gasteiger partial charge in [-0.15, -0.1) is 0 Å². The fourth-order valence-electron chi connectivity index (χ4n) is 2.06. The van der Waals surface area contributed by atoms with Gasteiger partial charge >= 0.3 is 0 Å². The molecule has 0 spiro atoms. The van der Waals surface area contributed by atoms with Crippen LogP contribution in [0.3, 0.4) is 0 Å². The third kappa shape index (κ3) is 3.57. The Labute approximate surface area is 143 Å². The van der Waals surface area contributed by atoms with Crippen molar-refractivity contribution in [3.8, 4) is 0 Å². The van der Waals surface area contributed by atoms with Crippen LogP contribution < -0.4 is 5.73 Å². The van der Waals surface area contributed by atoms with Gasteiger partial charge in [-0.05, 0) is 47.5 Å². The summed E-state index contributed by atoms with van der Waals surface area (Å²) in [5.41, 5.74) is 8.43. The minimum Gasteiger partial charge on any atom is -0.398 e. The number of rotatable bonds is 5. The zero-order valence-electron chi connectivity index (χ0n) is 11.9. The second kappa shape index (κ2) is 7.07. The highest BCUT2D eigenvalue weighted by Gasteiger charge is 2.18. The molecule has 0 amide bonds. The largest absolute Gasteiger partial charge is 0.398 e. The van der Waals surface area contributed by atoms with Crippen LogP contribution in [0, 0.1) is 0 Å². The van der Waals surface area contributed by atoms with Crippen LogP contribution in [-0.2, 0) is 29.5 Å². The lowest BCUT2D eigenvalue weighted by Crippen LogP contribution is -2.07. The van der Waals surface area contributed by atoms with Gasteiger partial charge in [0.15, 0.2) is 0 Å². The van der Waals surface area contributed by atoms with Gasteiger partial charge in [0.05, 0.1) is 37.3 Å². The lowest BCUT2D eigenvalue weighted by Gasteiger charge is -2.08. The first-order valence-electron chi connectivity index (χ1n) is 6.65. The number of nitrogen functional groups attached to an aromatic ring is 1. The second-order valence-electron chi connectivity index (χ2n) is 4.55. The highest BCUT2D eigenvalue weighted by molar-refractivity contribution is 9.10. The maximum atomic E-state index is 12.7. The maximum absolute atomic E-state index is 12.7. The molecule has 0 saturated carbocycles. The Morgan fingerprint density at radius 1 is 1.33 bits per heavy atom. The first-order chi connectivity index (χ1) is 9.97. The van der Waals surface area contributed by atoms with E-state index in [0.29, 0.717) is 16.3 Å². The van der Waals surface area contributed by atoms with Gasteiger partial charge in [0, 0.05) is 16.7 Å². The minimum atomic E-state index is -1.21. The van der Waals surface area contributed by atoms with Crippen molar-refractivity contribution in [2.45, 2.75) is 37.5 Å². The first-order valence-corrected chi connectivity index (χ1v) is 9.55. The molecule has 1 aromatic carbocycles. The highest BCUT2D eigenvalue weighted by atomic mass is 79.9. The summed E-state index contributed by atoms with van der Waals surface area (Å²) < 4.78 is 16.4. The quantitative estimate of drug-likeness (QED) is 0.726. The van der Waals surface area contributed by atoms with Crippen LogP contribution in [0.5, 0.6) is 0 Å². The number of halogens is 2. The van der Waals surface area contributed by atoms with E-state index in [4.69, 9.17) is 5.73 Å². The van der Waals surface area contributed by atoms with E-state index in [-0.39, 0.29) is 0 Å². The van der Waals surface area contributed by atoms with Gasteiger partial charge in [-0.2, -0.15) is 5.10 Å². The molecular formula is C14H17Br2N3OS. The van der Waals surface area contributed by atoms with E-state index in [2.05, 4.69) is 43.9 Å². The smallest absolute Gasteiger partial charge is 0.0767 e. The molecule has 2 rings (SSSR count). The van der Waals surface area contributed by atoms with Crippen molar-refractivity contribution in [3.05, 3.63) is 38.5 Å². The molecule has 1 atom stereocenters. The van der Waals surface area contributed by atoms with Crippen molar-refractivity contribution in [2.24, 2.45) is 0 Å². The summed E-state index contributed by atoms with van der Waals surface area (Å²) in [6.07, 6.45) is 0.840. The highest BCUT2D eigenvalue weighted by Crippen LogP contribution is 2.28. The summed E-state index contributed by atoms with van der Waals surface area (Å²) in [4.78, 5) is 0.651. The number of benzene rings is 1. The molecule has 114 valence electrons. The molecule has 0 aliphatic carbocycles. The van der Waals surface area contributed by atoms with Crippen LogP contribution in [0.1, 0.15) is 25.2 Å². The SMILES string of the molecule is CCc1nn(CC)c(CS(=O)c2cc(Br)ccc2N)c1Br. The molecule has 1 aromatic heterocycles. The molecule has 0 saturated heterocycles. The standard InChI is InChI=1S/C14H17Br2N3OS/c1-3-11-14(16)12(19(4-2)18-11)8-21(20)13-7-9(15)5-6-10(13)17/h5-7H,3-4,8,17H2,1-2H3. The Balaban J connectivity index is 2.35. The Morgan fingerprint density at radius 2 is 2.05 bits per heavy atom. The summed E-state index contributed by atoms with van der Waals surface area (Å²) >= 11 is 6.97. The number of hydrogen-bond acceptors (Lipinski definition) is 3. The summed E-state index contributed by atoms with van der Waals surface area (Å²) in [6.45, 7) is 4.83. The Bertz CT molecular complexity index is 685. The molecule has 0 fully saturated rings. The third-order valence-electron chi connectivity index (χ3n) is 3.18. The average molecular weight is 435 g/mol. The van der Waals surface area contributed by atoms with Crippen LogP contribution in [0.2, 0.25) is 0 Å². The van der Waals surface area contributed by atoms with E-state index in [9.17, 15) is 4.21 Å². The van der Waals surface area contributed by atoms with Crippen molar-refractivity contribution in [1.82, 2.24) is 9.78 Å². The fraction of sp³-hybridized carbons (Fsp3) is 0.357. The summed E-state index contributed by atoms with van der Waals surface area (Å²) in [7, 11) is -1.21. The minimum absolute atomic E-state index is 0.391. The van der Waals surface area contributed by atoms with Gasteiger partial charge in [0.2, 0.25) is 0 Å². The van der Waals surface area contributed by atoms with Gasteiger partial charge in [0.25, 0.3) is 0 Å². The Kier molecular flexibility index (Phi) is 5.62. The fourth-order valence-corrected chi connectivity index (χ4v) is 4.75. The van der Waals surface area contributed by atoms with Crippen LogP contribution in [0.25, 0.3) is 0 Å². The number of nitrogens with two attached hydrogens (primary N) is 1. The second-order valence-corrected chi connectivity index (χ2v) is 7.68. The molecule has 0 radical (unpaired) electrons. The van der Waals surface area contributed by atoms with E-state index < -0.39 is 10.8 Å². The molecule has 7 heteroatoms. The maximum Gasteiger partial charge on any atom is 0.0767 e. The van der Waals surface area contributed by atoms with E-state index >= 15 is 0 Å². The normalized spacial score (nSPS) is 12.6. The van der Waals surface area contributed by atoms with Crippen molar-refractivity contribution in [3.63, 3.8) is 0 Å². The lowest BCUT2D eigenvalue weighted by atomic mass is 10.3. The van der Waals surface area contributed by atoms with Crippen LogP contribution in [0.4, 0.5) is 5.69 Å². The summed E-state index contributed by atoms with van der Waals surface area (Å²) in [5.74, 6) is 0.391. The van der Waals surface area contributed by atoms with Gasteiger partial charge in [-0.1, -0.05) is 22.9 Å². The monoisotopic (exact) mass is 433 g/mol. The zero-order chi connectivity index (χ0) is 15.6. The van der Waals surface area contributed by atoms with Crippen molar-refractivity contribution < 1.29 is 4.21 Å². The van der Waals surface area contributed by atoms with E-state index in [1.54, 1.807) is 6.07 Å². The number of aromatic nitrogens is 2. The average Bonchev–Trinajstić information content (AvgIpc) is 2.77. The van der Waals surface area contributed by atoms with E-state index in [0.717, 1.165) is 33.3 Å². The molecule has 0 aliphatic heterocycles. The molecule has 21 heavy (non-hydrogen) atoms. The molecule has 1 unspecified atom stereocenters. The number of hydrogen-bond donors (Lipinski definition) is 1. The summed E-state index contributed by atoms with van der Waals surface area (Å²) in [6, 6.07) is 5.42. The number of nitrogens with zero attached hydrogens (tertiary/aromatic N) is 2. The van der Waals surface area contributed by atoms with E-state index in [1.165, 1.54) is 0 Å². The van der Waals surface area contributed by atoms with Crippen molar-refractivity contribution >= 4 is 48.3 Å². The van der Waals surface area contributed by atoms with Gasteiger partial charge in [0.1, 0.15) is 0 Å².